The van der Waals surface area contributed by atoms with E-state index in [1.165, 1.54) is 0 Å². The fourth-order valence-electron chi connectivity index (χ4n) is 2.17. The van der Waals surface area contributed by atoms with Crippen molar-refractivity contribution in [3.05, 3.63) is 64.7 Å². The van der Waals surface area contributed by atoms with Crippen LogP contribution in [0.2, 0.25) is 0 Å². The highest BCUT2D eigenvalue weighted by Gasteiger charge is 2.09. The third-order valence-electron chi connectivity index (χ3n) is 3.49. The van der Waals surface area contributed by atoms with E-state index < -0.39 is 0 Å². The van der Waals surface area contributed by atoms with Gasteiger partial charge in [0.15, 0.2) is 0 Å². The number of benzene rings is 2. The molecule has 0 aliphatic carbocycles. The highest BCUT2D eigenvalue weighted by atomic mass is 16.3. The largest absolute Gasteiger partial charge is 0.392 e. The monoisotopic (exact) mass is 284 g/mol. The van der Waals surface area contributed by atoms with Crippen LogP contribution < -0.4 is 10.6 Å². The molecule has 0 aromatic heterocycles. The van der Waals surface area contributed by atoms with Crippen LogP contribution in [-0.2, 0) is 13.2 Å². The van der Waals surface area contributed by atoms with E-state index in [0.717, 1.165) is 22.4 Å². The summed E-state index contributed by atoms with van der Waals surface area (Å²) in [5.41, 5.74) is 4.58. The third-order valence-corrected chi connectivity index (χ3v) is 3.49. The Balaban J connectivity index is 2.10. The molecule has 0 saturated carbocycles. The molecule has 0 heterocycles. The SMILES string of the molecule is CNC(=O)c1cccc(NCc2ccc(CO)cc2)c1C. The molecule has 2 rings (SSSR count). The molecular weight excluding hydrogens is 264 g/mol. The van der Waals surface area contributed by atoms with Gasteiger partial charge in [-0.2, -0.15) is 0 Å². The van der Waals surface area contributed by atoms with E-state index in [9.17, 15) is 4.79 Å². The quantitative estimate of drug-likeness (QED) is 0.790. The zero-order valence-corrected chi connectivity index (χ0v) is 12.3. The number of aliphatic hydroxyl groups is 1. The average molecular weight is 284 g/mol. The second-order valence-corrected chi connectivity index (χ2v) is 4.89. The topological polar surface area (TPSA) is 61.4 Å². The van der Waals surface area contributed by atoms with Crippen molar-refractivity contribution in [2.75, 3.05) is 12.4 Å². The Morgan fingerprint density at radius 1 is 1.10 bits per heavy atom. The smallest absolute Gasteiger partial charge is 0.251 e. The fourth-order valence-corrected chi connectivity index (χ4v) is 2.17. The Morgan fingerprint density at radius 2 is 1.76 bits per heavy atom. The molecule has 0 unspecified atom stereocenters. The number of amides is 1. The average Bonchev–Trinajstić information content (AvgIpc) is 2.53. The lowest BCUT2D eigenvalue weighted by Crippen LogP contribution is -2.19. The van der Waals surface area contributed by atoms with E-state index in [-0.39, 0.29) is 12.5 Å². The van der Waals surface area contributed by atoms with Crippen LogP contribution in [0.3, 0.4) is 0 Å². The molecule has 0 radical (unpaired) electrons. The number of carbonyl (C=O) groups is 1. The van der Waals surface area contributed by atoms with E-state index in [1.54, 1.807) is 7.05 Å². The molecule has 0 bridgehead atoms. The Hall–Kier alpha value is -2.33. The standard InChI is InChI=1S/C17H20N2O2/c1-12-15(17(21)18-2)4-3-5-16(12)19-10-13-6-8-14(11-20)9-7-13/h3-9,19-20H,10-11H2,1-2H3,(H,18,21). The number of aliphatic hydroxyl groups excluding tert-OH is 1. The Labute approximate surface area is 124 Å². The molecule has 110 valence electrons. The molecule has 2 aromatic carbocycles. The predicted molar refractivity (Wildman–Crippen MR) is 84.3 cm³/mol. The Bertz CT molecular complexity index is 621. The minimum absolute atomic E-state index is 0.0565. The number of nitrogens with one attached hydrogen (secondary N) is 2. The second kappa shape index (κ2) is 6.90. The van der Waals surface area contributed by atoms with Gasteiger partial charge in [0.05, 0.1) is 6.61 Å². The molecule has 4 nitrogen and oxygen atoms in total. The zero-order chi connectivity index (χ0) is 15.2. The van der Waals surface area contributed by atoms with E-state index >= 15 is 0 Å². The van der Waals surface area contributed by atoms with Crippen LogP contribution in [-0.4, -0.2) is 18.1 Å². The van der Waals surface area contributed by atoms with Gasteiger partial charge in [-0.1, -0.05) is 30.3 Å². The van der Waals surface area contributed by atoms with Gasteiger partial charge < -0.3 is 15.7 Å². The third kappa shape index (κ3) is 3.61. The summed E-state index contributed by atoms with van der Waals surface area (Å²) in [7, 11) is 1.63. The van der Waals surface area contributed by atoms with Crippen molar-refractivity contribution < 1.29 is 9.90 Å². The molecular formula is C17H20N2O2. The number of rotatable bonds is 5. The van der Waals surface area contributed by atoms with Gasteiger partial charge in [-0.15, -0.1) is 0 Å². The maximum absolute atomic E-state index is 11.8. The Morgan fingerprint density at radius 3 is 2.38 bits per heavy atom. The molecule has 0 saturated heterocycles. The molecule has 2 aromatic rings. The fraction of sp³-hybridized carbons (Fsp3) is 0.235. The van der Waals surface area contributed by atoms with E-state index in [4.69, 9.17) is 5.11 Å². The number of hydrogen-bond acceptors (Lipinski definition) is 3. The van der Waals surface area contributed by atoms with Crippen LogP contribution in [0.15, 0.2) is 42.5 Å². The summed E-state index contributed by atoms with van der Waals surface area (Å²) in [5, 5.41) is 15.0. The highest BCUT2D eigenvalue weighted by molar-refractivity contribution is 5.96. The van der Waals surface area contributed by atoms with E-state index in [2.05, 4.69) is 10.6 Å². The first-order chi connectivity index (χ1) is 10.2. The molecule has 3 N–H and O–H groups in total. The lowest BCUT2D eigenvalue weighted by molar-refractivity contribution is 0.0962. The predicted octanol–water partition coefficient (Wildman–Crippen LogP) is 2.46. The first-order valence-corrected chi connectivity index (χ1v) is 6.90. The van der Waals surface area contributed by atoms with Crippen molar-refractivity contribution in [3.8, 4) is 0 Å². The van der Waals surface area contributed by atoms with Crippen LogP contribution in [0.5, 0.6) is 0 Å². The molecule has 0 aliphatic heterocycles. The first-order valence-electron chi connectivity index (χ1n) is 6.90. The molecule has 0 spiro atoms. The summed E-state index contributed by atoms with van der Waals surface area (Å²) >= 11 is 0. The maximum atomic E-state index is 11.8. The van der Waals surface area contributed by atoms with Gasteiger partial charge >= 0.3 is 0 Å². The van der Waals surface area contributed by atoms with E-state index in [1.807, 2.05) is 49.4 Å². The number of anilines is 1. The van der Waals surface area contributed by atoms with Crippen LogP contribution in [0.1, 0.15) is 27.0 Å². The lowest BCUT2D eigenvalue weighted by Gasteiger charge is -2.13. The number of carbonyl (C=O) groups excluding carboxylic acids is 1. The molecule has 21 heavy (non-hydrogen) atoms. The molecule has 0 aliphatic rings. The molecule has 0 fully saturated rings. The first kappa shape index (κ1) is 15.1. The van der Waals surface area contributed by atoms with Gasteiger partial charge in [-0.05, 0) is 35.7 Å². The second-order valence-electron chi connectivity index (χ2n) is 4.89. The minimum Gasteiger partial charge on any atom is -0.392 e. The van der Waals surface area contributed by atoms with Crippen molar-refractivity contribution in [1.29, 1.82) is 0 Å². The molecule has 1 amide bonds. The summed E-state index contributed by atoms with van der Waals surface area (Å²) < 4.78 is 0. The summed E-state index contributed by atoms with van der Waals surface area (Å²) in [6.07, 6.45) is 0. The van der Waals surface area contributed by atoms with Gasteiger partial charge in [-0.25, -0.2) is 0 Å². The summed E-state index contributed by atoms with van der Waals surface area (Å²) in [6.45, 7) is 2.66. The van der Waals surface area contributed by atoms with Crippen LogP contribution in [0, 0.1) is 6.92 Å². The molecule has 4 heteroatoms. The van der Waals surface area contributed by atoms with Gasteiger partial charge in [0.25, 0.3) is 5.91 Å². The normalized spacial score (nSPS) is 10.2. The van der Waals surface area contributed by atoms with Crippen molar-refractivity contribution in [2.45, 2.75) is 20.1 Å². The van der Waals surface area contributed by atoms with Crippen molar-refractivity contribution in [3.63, 3.8) is 0 Å². The Kier molecular flexibility index (Phi) is 4.95. The zero-order valence-electron chi connectivity index (χ0n) is 12.3. The molecule has 0 atom stereocenters. The summed E-state index contributed by atoms with van der Waals surface area (Å²) in [5.74, 6) is -0.0801. The van der Waals surface area contributed by atoms with Crippen LogP contribution in [0.25, 0.3) is 0 Å². The maximum Gasteiger partial charge on any atom is 0.251 e. The van der Waals surface area contributed by atoms with Gasteiger partial charge in [0.1, 0.15) is 0 Å². The van der Waals surface area contributed by atoms with Crippen molar-refractivity contribution >= 4 is 11.6 Å². The van der Waals surface area contributed by atoms with Crippen molar-refractivity contribution in [2.24, 2.45) is 0 Å². The summed E-state index contributed by atoms with van der Waals surface area (Å²) in [4.78, 5) is 11.8. The van der Waals surface area contributed by atoms with Crippen LogP contribution in [0.4, 0.5) is 5.69 Å². The summed E-state index contributed by atoms with van der Waals surface area (Å²) in [6, 6.07) is 13.4. The van der Waals surface area contributed by atoms with Crippen molar-refractivity contribution in [1.82, 2.24) is 5.32 Å². The van der Waals surface area contributed by atoms with Gasteiger partial charge in [0, 0.05) is 24.8 Å². The van der Waals surface area contributed by atoms with Crippen LogP contribution >= 0.6 is 0 Å². The highest BCUT2D eigenvalue weighted by Crippen LogP contribution is 2.19. The lowest BCUT2D eigenvalue weighted by atomic mass is 10.1. The minimum atomic E-state index is -0.0801. The van der Waals surface area contributed by atoms with Gasteiger partial charge in [0.2, 0.25) is 0 Å². The van der Waals surface area contributed by atoms with Gasteiger partial charge in [-0.3, -0.25) is 4.79 Å². The van der Waals surface area contributed by atoms with E-state index in [0.29, 0.717) is 12.1 Å². The number of hydrogen-bond donors (Lipinski definition) is 3.